The average Bonchev–Trinajstić information content (AvgIpc) is 2.94. The van der Waals surface area contributed by atoms with E-state index in [-0.39, 0.29) is 11.9 Å². The number of benzene rings is 2. The highest BCUT2D eigenvalue weighted by Crippen LogP contribution is 2.39. The molecule has 0 aliphatic carbocycles. The standard InChI is InChI=1S/C24H29N3O2/c1-2-15-25-16-13-24(14-17-25)22(28)26(18-20-9-5-3-6-10-20)23(29)27(24)19-21-11-7-4-8-12-21/h3-12H,2,13-19H2,1H3. The van der Waals surface area contributed by atoms with Crippen molar-refractivity contribution >= 4 is 11.9 Å². The molecule has 0 bridgehead atoms. The van der Waals surface area contributed by atoms with Crippen molar-refractivity contribution in [1.82, 2.24) is 14.7 Å². The molecule has 3 amide bonds. The molecule has 0 unspecified atom stereocenters. The first-order valence-corrected chi connectivity index (χ1v) is 10.6. The van der Waals surface area contributed by atoms with Crippen LogP contribution in [0.1, 0.15) is 37.3 Å². The number of hydrogen-bond acceptors (Lipinski definition) is 3. The summed E-state index contributed by atoms with van der Waals surface area (Å²) in [6, 6.07) is 19.6. The van der Waals surface area contributed by atoms with Gasteiger partial charge in [0.1, 0.15) is 5.54 Å². The summed E-state index contributed by atoms with van der Waals surface area (Å²) in [6.07, 6.45) is 2.51. The first kappa shape index (κ1) is 19.6. The molecular weight excluding hydrogens is 362 g/mol. The topological polar surface area (TPSA) is 43.9 Å². The van der Waals surface area contributed by atoms with Crippen LogP contribution in [0.3, 0.4) is 0 Å². The molecule has 2 saturated heterocycles. The van der Waals surface area contributed by atoms with Gasteiger partial charge >= 0.3 is 6.03 Å². The molecule has 2 fully saturated rings. The fraction of sp³-hybridized carbons (Fsp3) is 0.417. The summed E-state index contributed by atoms with van der Waals surface area (Å²) in [7, 11) is 0. The Kier molecular flexibility index (Phi) is 5.67. The number of carbonyl (C=O) groups excluding carboxylic acids is 2. The molecule has 0 saturated carbocycles. The van der Waals surface area contributed by atoms with Gasteiger partial charge in [-0.25, -0.2) is 4.79 Å². The predicted molar refractivity (Wildman–Crippen MR) is 113 cm³/mol. The maximum Gasteiger partial charge on any atom is 0.328 e. The number of likely N-dealkylation sites (tertiary alicyclic amines) is 1. The van der Waals surface area contributed by atoms with Crippen molar-refractivity contribution < 1.29 is 9.59 Å². The summed E-state index contributed by atoms with van der Waals surface area (Å²) < 4.78 is 0. The summed E-state index contributed by atoms with van der Waals surface area (Å²) in [5.41, 5.74) is 1.33. The lowest BCUT2D eigenvalue weighted by Gasteiger charge is -2.42. The molecule has 0 aromatic heterocycles. The van der Waals surface area contributed by atoms with Gasteiger partial charge in [0, 0.05) is 19.6 Å². The zero-order valence-electron chi connectivity index (χ0n) is 17.1. The number of carbonyl (C=O) groups is 2. The van der Waals surface area contributed by atoms with Gasteiger partial charge < -0.3 is 9.80 Å². The van der Waals surface area contributed by atoms with E-state index in [2.05, 4.69) is 11.8 Å². The Hall–Kier alpha value is -2.66. The number of amides is 3. The largest absolute Gasteiger partial charge is 0.328 e. The van der Waals surface area contributed by atoms with E-state index >= 15 is 0 Å². The smallest absolute Gasteiger partial charge is 0.305 e. The van der Waals surface area contributed by atoms with E-state index in [1.54, 1.807) is 0 Å². The Morgan fingerprint density at radius 3 is 1.93 bits per heavy atom. The van der Waals surface area contributed by atoms with Crippen molar-refractivity contribution in [1.29, 1.82) is 0 Å². The number of piperidine rings is 1. The Balaban J connectivity index is 1.62. The Morgan fingerprint density at radius 2 is 1.38 bits per heavy atom. The van der Waals surface area contributed by atoms with E-state index in [0.717, 1.165) is 37.2 Å². The number of nitrogens with zero attached hydrogens (tertiary/aromatic N) is 3. The quantitative estimate of drug-likeness (QED) is 0.702. The lowest BCUT2D eigenvalue weighted by Crippen LogP contribution is -2.56. The third-order valence-electron chi connectivity index (χ3n) is 6.21. The Labute approximate surface area is 172 Å². The molecule has 0 N–H and O–H groups in total. The monoisotopic (exact) mass is 391 g/mol. The predicted octanol–water partition coefficient (Wildman–Crippen LogP) is 3.90. The fourth-order valence-electron chi connectivity index (χ4n) is 4.62. The molecule has 1 spiro atoms. The van der Waals surface area contributed by atoms with Crippen molar-refractivity contribution in [3.63, 3.8) is 0 Å². The minimum atomic E-state index is -0.716. The zero-order valence-corrected chi connectivity index (χ0v) is 17.1. The normalized spacial score (nSPS) is 19.3. The van der Waals surface area contributed by atoms with E-state index in [0.29, 0.717) is 25.9 Å². The van der Waals surface area contributed by atoms with Crippen LogP contribution in [0.25, 0.3) is 0 Å². The van der Waals surface area contributed by atoms with Gasteiger partial charge in [0.2, 0.25) is 0 Å². The third-order valence-corrected chi connectivity index (χ3v) is 6.21. The minimum absolute atomic E-state index is 0.0292. The molecule has 4 rings (SSSR count). The second kappa shape index (κ2) is 8.37. The van der Waals surface area contributed by atoms with Crippen molar-refractivity contribution in [2.75, 3.05) is 19.6 Å². The summed E-state index contributed by atoms with van der Waals surface area (Å²) >= 11 is 0. The lowest BCUT2D eigenvalue weighted by molar-refractivity contribution is -0.136. The van der Waals surface area contributed by atoms with E-state index in [9.17, 15) is 9.59 Å². The van der Waals surface area contributed by atoms with Gasteiger partial charge in [-0.3, -0.25) is 9.69 Å². The van der Waals surface area contributed by atoms with Crippen LogP contribution in [0.5, 0.6) is 0 Å². The second-order valence-electron chi connectivity index (χ2n) is 8.10. The molecule has 5 heteroatoms. The maximum absolute atomic E-state index is 13.6. The summed E-state index contributed by atoms with van der Waals surface area (Å²) in [5, 5.41) is 0. The SMILES string of the molecule is CCCN1CCC2(CC1)C(=O)N(Cc1ccccc1)C(=O)N2Cc1ccccc1. The number of hydrogen-bond donors (Lipinski definition) is 0. The van der Waals surface area contributed by atoms with Crippen molar-refractivity contribution in [2.45, 2.75) is 44.8 Å². The molecule has 5 nitrogen and oxygen atoms in total. The van der Waals surface area contributed by atoms with Crippen LogP contribution in [0, 0.1) is 0 Å². The molecule has 2 aliphatic rings. The summed E-state index contributed by atoms with van der Waals surface area (Å²) in [5.74, 6) is -0.0292. The van der Waals surface area contributed by atoms with Crippen LogP contribution in [-0.4, -0.2) is 51.8 Å². The first-order valence-electron chi connectivity index (χ1n) is 10.6. The zero-order chi connectivity index (χ0) is 20.3. The van der Waals surface area contributed by atoms with Crippen molar-refractivity contribution in [2.24, 2.45) is 0 Å². The molecule has 152 valence electrons. The molecule has 0 atom stereocenters. The van der Waals surface area contributed by atoms with E-state index < -0.39 is 5.54 Å². The highest BCUT2D eigenvalue weighted by atomic mass is 16.2. The molecule has 2 aromatic carbocycles. The van der Waals surface area contributed by atoms with Crippen molar-refractivity contribution in [3.05, 3.63) is 71.8 Å². The van der Waals surface area contributed by atoms with Gasteiger partial charge in [0.05, 0.1) is 6.54 Å². The van der Waals surface area contributed by atoms with Gasteiger partial charge in [0.25, 0.3) is 5.91 Å². The Bertz CT molecular complexity index is 845. The van der Waals surface area contributed by atoms with Crippen LogP contribution in [-0.2, 0) is 17.9 Å². The minimum Gasteiger partial charge on any atom is -0.305 e. The van der Waals surface area contributed by atoms with Crippen LogP contribution in [0.4, 0.5) is 4.79 Å². The molecule has 0 radical (unpaired) electrons. The molecule has 2 aromatic rings. The van der Waals surface area contributed by atoms with E-state index in [1.165, 1.54) is 4.90 Å². The lowest BCUT2D eigenvalue weighted by atomic mass is 9.85. The van der Waals surface area contributed by atoms with Crippen LogP contribution < -0.4 is 0 Å². The highest BCUT2D eigenvalue weighted by molar-refractivity contribution is 6.07. The third kappa shape index (κ3) is 3.79. The first-order chi connectivity index (χ1) is 14.1. The van der Waals surface area contributed by atoms with Gasteiger partial charge in [-0.15, -0.1) is 0 Å². The molecule has 2 aliphatic heterocycles. The number of urea groups is 1. The van der Waals surface area contributed by atoms with Crippen LogP contribution in [0.15, 0.2) is 60.7 Å². The summed E-state index contributed by atoms with van der Waals surface area (Å²) in [4.78, 5) is 32.7. The number of rotatable bonds is 6. The average molecular weight is 392 g/mol. The maximum atomic E-state index is 13.6. The van der Waals surface area contributed by atoms with Crippen LogP contribution >= 0.6 is 0 Å². The van der Waals surface area contributed by atoms with E-state index in [4.69, 9.17) is 0 Å². The number of imide groups is 1. The Morgan fingerprint density at radius 1 is 0.828 bits per heavy atom. The van der Waals surface area contributed by atoms with Crippen LogP contribution in [0.2, 0.25) is 0 Å². The van der Waals surface area contributed by atoms with E-state index in [1.807, 2.05) is 65.6 Å². The fourth-order valence-corrected chi connectivity index (χ4v) is 4.62. The molecule has 2 heterocycles. The van der Waals surface area contributed by atoms with Gasteiger partial charge in [-0.05, 0) is 36.9 Å². The highest BCUT2D eigenvalue weighted by Gasteiger charge is 2.57. The van der Waals surface area contributed by atoms with Gasteiger partial charge in [0.15, 0.2) is 0 Å². The summed E-state index contributed by atoms with van der Waals surface area (Å²) in [6.45, 7) is 5.76. The molecular formula is C24H29N3O2. The molecule has 29 heavy (non-hydrogen) atoms. The van der Waals surface area contributed by atoms with Crippen molar-refractivity contribution in [3.8, 4) is 0 Å². The second-order valence-corrected chi connectivity index (χ2v) is 8.10. The van der Waals surface area contributed by atoms with Gasteiger partial charge in [-0.2, -0.15) is 0 Å². The van der Waals surface area contributed by atoms with Gasteiger partial charge in [-0.1, -0.05) is 67.6 Å².